The molecule has 4 heteroatoms. The van der Waals surface area contributed by atoms with Crippen molar-refractivity contribution in [2.45, 2.75) is 33.3 Å². The number of aromatic nitrogens is 1. The molecule has 0 saturated carbocycles. The van der Waals surface area contributed by atoms with Gasteiger partial charge in [-0.3, -0.25) is 0 Å². The minimum Gasteiger partial charge on any atom is -0.494 e. The predicted molar refractivity (Wildman–Crippen MR) is 81.8 cm³/mol. The highest BCUT2D eigenvalue weighted by Crippen LogP contribution is 2.24. The quantitative estimate of drug-likeness (QED) is 0.843. The SMILES string of the molecule is CCCOc1ccc(Oc2cc(CO)cc(CC)n2)cc1. The molecule has 0 aliphatic carbocycles. The molecule has 0 saturated heterocycles. The van der Waals surface area contributed by atoms with Gasteiger partial charge in [0.25, 0.3) is 0 Å². The lowest BCUT2D eigenvalue weighted by Gasteiger charge is -2.09. The highest BCUT2D eigenvalue weighted by atomic mass is 16.5. The van der Waals surface area contributed by atoms with Gasteiger partial charge in [-0.2, -0.15) is 0 Å². The first-order valence-corrected chi connectivity index (χ1v) is 7.26. The highest BCUT2D eigenvalue weighted by molar-refractivity contribution is 5.35. The Bertz CT molecular complexity index is 544. The van der Waals surface area contributed by atoms with E-state index in [0.717, 1.165) is 29.8 Å². The number of rotatable bonds is 7. The number of benzene rings is 1. The molecule has 0 fully saturated rings. The second-order valence-corrected chi connectivity index (χ2v) is 4.74. The van der Waals surface area contributed by atoms with Gasteiger partial charge < -0.3 is 14.6 Å². The van der Waals surface area contributed by atoms with Crippen LogP contribution in [-0.2, 0) is 13.0 Å². The van der Waals surface area contributed by atoms with Crippen molar-refractivity contribution in [3.63, 3.8) is 0 Å². The van der Waals surface area contributed by atoms with E-state index < -0.39 is 0 Å². The number of hydrogen-bond donors (Lipinski definition) is 1. The van der Waals surface area contributed by atoms with Gasteiger partial charge in [-0.25, -0.2) is 4.98 Å². The van der Waals surface area contributed by atoms with Crippen LogP contribution in [0.1, 0.15) is 31.5 Å². The zero-order valence-corrected chi connectivity index (χ0v) is 12.5. The third-order valence-corrected chi connectivity index (χ3v) is 2.98. The number of ether oxygens (including phenoxy) is 2. The Morgan fingerprint density at radius 3 is 2.38 bits per heavy atom. The summed E-state index contributed by atoms with van der Waals surface area (Å²) < 4.78 is 11.3. The summed E-state index contributed by atoms with van der Waals surface area (Å²) in [7, 11) is 0. The zero-order chi connectivity index (χ0) is 15.1. The molecule has 0 spiro atoms. The fourth-order valence-electron chi connectivity index (χ4n) is 1.89. The number of nitrogens with zero attached hydrogens (tertiary/aromatic N) is 1. The summed E-state index contributed by atoms with van der Waals surface area (Å²) in [6.45, 7) is 4.78. The van der Waals surface area contributed by atoms with Crippen molar-refractivity contribution in [1.29, 1.82) is 0 Å². The third kappa shape index (κ3) is 4.46. The molecule has 0 aliphatic heterocycles. The Morgan fingerprint density at radius 1 is 1.05 bits per heavy atom. The van der Waals surface area contributed by atoms with Crippen molar-refractivity contribution in [3.8, 4) is 17.4 Å². The van der Waals surface area contributed by atoms with E-state index in [2.05, 4.69) is 11.9 Å². The maximum Gasteiger partial charge on any atom is 0.219 e. The van der Waals surface area contributed by atoms with Gasteiger partial charge in [0.05, 0.1) is 13.2 Å². The van der Waals surface area contributed by atoms with E-state index in [1.165, 1.54) is 0 Å². The van der Waals surface area contributed by atoms with Gasteiger partial charge in [0.1, 0.15) is 11.5 Å². The van der Waals surface area contributed by atoms with E-state index in [1.54, 1.807) is 6.07 Å². The zero-order valence-electron chi connectivity index (χ0n) is 12.5. The van der Waals surface area contributed by atoms with Gasteiger partial charge in [0.2, 0.25) is 5.88 Å². The fraction of sp³-hybridized carbons (Fsp3) is 0.353. The molecule has 0 amide bonds. The van der Waals surface area contributed by atoms with Crippen LogP contribution in [0.3, 0.4) is 0 Å². The topological polar surface area (TPSA) is 51.6 Å². The largest absolute Gasteiger partial charge is 0.494 e. The van der Waals surface area contributed by atoms with Gasteiger partial charge in [0.15, 0.2) is 0 Å². The Morgan fingerprint density at radius 2 is 1.76 bits per heavy atom. The molecule has 0 radical (unpaired) electrons. The van der Waals surface area contributed by atoms with Crippen LogP contribution in [0, 0.1) is 0 Å². The maximum atomic E-state index is 9.27. The van der Waals surface area contributed by atoms with Crippen molar-refractivity contribution in [2.75, 3.05) is 6.61 Å². The Hall–Kier alpha value is -2.07. The fourth-order valence-corrected chi connectivity index (χ4v) is 1.89. The van der Waals surface area contributed by atoms with Crippen LogP contribution < -0.4 is 9.47 Å². The molecule has 2 rings (SSSR count). The van der Waals surface area contributed by atoms with E-state index in [0.29, 0.717) is 18.2 Å². The number of hydrogen-bond acceptors (Lipinski definition) is 4. The van der Waals surface area contributed by atoms with Crippen LogP contribution in [0.2, 0.25) is 0 Å². The molecular weight excluding hydrogens is 266 g/mol. The average Bonchev–Trinajstić information content (AvgIpc) is 2.53. The summed E-state index contributed by atoms with van der Waals surface area (Å²) in [5.41, 5.74) is 1.71. The van der Waals surface area contributed by atoms with E-state index in [9.17, 15) is 5.11 Å². The van der Waals surface area contributed by atoms with Crippen molar-refractivity contribution in [3.05, 3.63) is 47.7 Å². The summed E-state index contributed by atoms with van der Waals surface area (Å²) in [5, 5.41) is 9.27. The molecule has 2 aromatic rings. The lowest BCUT2D eigenvalue weighted by Crippen LogP contribution is -1.97. The van der Waals surface area contributed by atoms with E-state index >= 15 is 0 Å². The summed E-state index contributed by atoms with van der Waals surface area (Å²) >= 11 is 0. The number of aliphatic hydroxyl groups is 1. The molecule has 0 unspecified atom stereocenters. The van der Waals surface area contributed by atoms with Crippen LogP contribution in [-0.4, -0.2) is 16.7 Å². The molecule has 1 aromatic heterocycles. The summed E-state index contributed by atoms with van der Waals surface area (Å²) in [6.07, 6.45) is 1.78. The number of aliphatic hydroxyl groups excluding tert-OH is 1. The van der Waals surface area contributed by atoms with Crippen LogP contribution >= 0.6 is 0 Å². The maximum absolute atomic E-state index is 9.27. The van der Waals surface area contributed by atoms with Crippen LogP contribution in [0.4, 0.5) is 0 Å². The Balaban J connectivity index is 2.10. The van der Waals surface area contributed by atoms with E-state index in [4.69, 9.17) is 9.47 Å². The minimum atomic E-state index is -0.0182. The molecule has 112 valence electrons. The molecular formula is C17H21NO3. The molecule has 1 heterocycles. The standard InChI is InChI=1S/C17H21NO3/c1-3-9-20-15-5-7-16(8-6-15)21-17-11-13(12-19)10-14(4-2)18-17/h5-8,10-11,19H,3-4,9,12H2,1-2H3. The smallest absolute Gasteiger partial charge is 0.219 e. The van der Waals surface area contributed by atoms with Crippen molar-refractivity contribution in [1.82, 2.24) is 4.98 Å². The number of pyridine rings is 1. The van der Waals surface area contributed by atoms with Crippen molar-refractivity contribution in [2.24, 2.45) is 0 Å². The van der Waals surface area contributed by atoms with Crippen LogP contribution in [0.15, 0.2) is 36.4 Å². The third-order valence-electron chi connectivity index (χ3n) is 2.98. The summed E-state index contributed by atoms with van der Waals surface area (Å²) in [5.74, 6) is 2.03. The normalized spacial score (nSPS) is 10.4. The van der Waals surface area contributed by atoms with Crippen molar-refractivity contribution < 1.29 is 14.6 Å². The molecule has 0 atom stereocenters. The number of aryl methyl sites for hydroxylation is 1. The van der Waals surface area contributed by atoms with E-state index in [-0.39, 0.29) is 6.61 Å². The second kappa shape index (κ2) is 7.64. The average molecular weight is 287 g/mol. The molecule has 21 heavy (non-hydrogen) atoms. The van der Waals surface area contributed by atoms with Gasteiger partial charge in [-0.05, 0) is 48.7 Å². The molecule has 0 aliphatic rings. The molecule has 1 N–H and O–H groups in total. The molecule has 1 aromatic carbocycles. The first kappa shape index (κ1) is 15.3. The Kier molecular flexibility index (Phi) is 5.58. The first-order chi connectivity index (χ1) is 10.2. The van der Waals surface area contributed by atoms with E-state index in [1.807, 2.05) is 37.3 Å². The Labute approximate surface area is 125 Å². The van der Waals surface area contributed by atoms with Gasteiger partial charge >= 0.3 is 0 Å². The summed E-state index contributed by atoms with van der Waals surface area (Å²) in [4.78, 5) is 4.40. The molecule has 4 nitrogen and oxygen atoms in total. The van der Waals surface area contributed by atoms with Gasteiger partial charge in [0, 0.05) is 11.8 Å². The predicted octanol–water partition coefficient (Wildman–Crippen LogP) is 3.72. The van der Waals surface area contributed by atoms with Crippen LogP contribution in [0.5, 0.6) is 17.4 Å². The van der Waals surface area contributed by atoms with Gasteiger partial charge in [-0.15, -0.1) is 0 Å². The van der Waals surface area contributed by atoms with Gasteiger partial charge in [-0.1, -0.05) is 13.8 Å². The minimum absolute atomic E-state index is 0.0182. The first-order valence-electron chi connectivity index (χ1n) is 7.26. The lowest BCUT2D eigenvalue weighted by molar-refractivity contribution is 0.281. The second-order valence-electron chi connectivity index (χ2n) is 4.74. The lowest BCUT2D eigenvalue weighted by atomic mass is 10.2. The highest BCUT2D eigenvalue weighted by Gasteiger charge is 2.04. The van der Waals surface area contributed by atoms with Crippen molar-refractivity contribution >= 4 is 0 Å². The monoisotopic (exact) mass is 287 g/mol. The summed E-state index contributed by atoms with van der Waals surface area (Å²) in [6, 6.07) is 11.1. The molecule has 0 bridgehead atoms. The van der Waals surface area contributed by atoms with Crippen LogP contribution in [0.25, 0.3) is 0 Å².